The maximum Gasteiger partial charge on any atom is 0.244 e. The Morgan fingerprint density at radius 2 is 2.05 bits per heavy atom. The van der Waals surface area contributed by atoms with Crippen molar-refractivity contribution in [3.8, 4) is 0 Å². The average Bonchev–Trinajstić information content (AvgIpc) is 2.39. The number of halogens is 2. The van der Waals surface area contributed by atoms with Gasteiger partial charge in [-0.2, -0.15) is 0 Å². The predicted octanol–water partition coefficient (Wildman–Crippen LogP) is 3.54. The van der Waals surface area contributed by atoms with Gasteiger partial charge in [0.2, 0.25) is 5.91 Å². The molecule has 3 N–H and O–H groups in total. The lowest BCUT2D eigenvalue weighted by molar-refractivity contribution is -0.118. The molecule has 0 spiro atoms. The molecule has 2 aromatic carbocycles. The minimum absolute atomic E-state index is 0.347. The second-order valence-electron chi connectivity index (χ2n) is 4.52. The first-order valence-corrected chi connectivity index (χ1v) is 6.84. The second-order valence-corrected chi connectivity index (χ2v) is 5.38. The predicted molar refractivity (Wildman–Crippen MR) is 80.8 cm³/mol. The molecular weight excluding hydrogens is 323 g/mol. The number of hydrogen-bond donors (Lipinski definition) is 2. The molecule has 0 aliphatic rings. The molecule has 0 radical (unpaired) electrons. The summed E-state index contributed by atoms with van der Waals surface area (Å²) in [6.45, 7) is 1.95. The van der Waals surface area contributed by atoms with Gasteiger partial charge in [0, 0.05) is 5.69 Å². The van der Waals surface area contributed by atoms with Crippen molar-refractivity contribution in [2.24, 2.45) is 5.73 Å². The third-order valence-electron chi connectivity index (χ3n) is 2.89. The molecular formula is C15H14BrFN2O. The zero-order valence-corrected chi connectivity index (χ0v) is 12.4. The number of benzene rings is 2. The number of nitrogens with one attached hydrogen (secondary N) is 1. The summed E-state index contributed by atoms with van der Waals surface area (Å²) in [4.78, 5) is 11.6. The van der Waals surface area contributed by atoms with E-state index in [2.05, 4.69) is 21.2 Å². The van der Waals surface area contributed by atoms with E-state index in [0.29, 0.717) is 10.0 Å². The van der Waals surface area contributed by atoms with Gasteiger partial charge in [-0.3, -0.25) is 4.79 Å². The van der Waals surface area contributed by atoms with Gasteiger partial charge in [0.25, 0.3) is 0 Å². The van der Waals surface area contributed by atoms with Gasteiger partial charge in [0.05, 0.1) is 4.47 Å². The Bertz CT molecular complexity index is 646. The number of hydrogen-bond acceptors (Lipinski definition) is 2. The van der Waals surface area contributed by atoms with Gasteiger partial charge in [-0.1, -0.05) is 18.2 Å². The second kappa shape index (κ2) is 6.05. The van der Waals surface area contributed by atoms with E-state index in [0.717, 1.165) is 11.3 Å². The van der Waals surface area contributed by atoms with Gasteiger partial charge >= 0.3 is 0 Å². The van der Waals surface area contributed by atoms with Crippen LogP contribution in [0.3, 0.4) is 0 Å². The highest BCUT2D eigenvalue weighted by molar-refractivity contribution is 9.10. The van der Waals surface area contributed by atoms with Crippen LogP contribution < -0.4 is 11.1 Å². The molecule has 0 saturated heterocycles. The lowest BCUT2D eigenvalue weighted by Crippen LogP contribution is -2.27. The topological polar surface area (TPSA) is 55.1 Å². The molecule has 0 fully saturated rings. The molecule has 3 nitrogen and oxygen atoms in total. The van der Waals surface area contributed by atoms with E-state index in [4.69, 9.17) is 5.73 Å². The quantitative estimate of drug-likeness (QED) is 0.897. The highest BCUT2D eigenvalue weighted by Gasteiger charge is 2.18. The van der Waals surface area contributed by atoms with Crippen LogP contribution in [0.5, 0.6) is 0 Å². The molecule has 0 heterocycles. The number of rotatable bonds is 4. The molecule has 0 bridgehead atoms. The Kier molecular flexibility index (Phi) is 4.39. The Morgan fingerprint density at radius 3 is 2.65 bits per heavy atom. The summed E-state index contributed by atoms with van der Waals surface area (Å²) in [5.74, 6) is -0.993. The molecule has 0 aliphatic heterocycles. The normalized spacial score (nSPS) is 11.9. The lowest BCUT2D eigenvalue weighted by Gasteiger charge is -2.17. The van der Waals surface area contributed by atoms with E-state index in [-0.39, 0.29) is 0 Å². The average molecular weight is 337 g/mol. The Hall–Kier alpha value is -1.88. The van der Waals surface area contributed by atoms with E-state index in [9.17, 15) is 9.18 Å². The van der Waals surface area contributed by atoms with Gasteiger partial charge in [0.15, 0.2) is 0 Å². The fourth-order valence-electron chi connectivity index (χ4n) is 1.91. The van der Waals surface area contributed by atoms with Crippen LogP contribution in [0.15, 0.2) is 46.9 Å². The minimum atomic E-state index is -0.778. The van der Waals surface area contributed by atoms with Crippen LogP contribution in [0.2, 0.25) is 0 Å². The van der Waals surface area contributed by atoms with E-state index < -0.39 is 17.8 Å². The van der Waals surface area contributed by atoms with Crippen molar-refractivity contribution < 1.29 is 9.18 Å². The zero-order chi connectivity index (χ0) is 14.7. The third-order valence-corrected chi connectivity index (χ3v) is 3.53. The van der Waals surface area contributed by atoms with Crippen molar-refractivity contribution in [2.75, 3.05) is 5.32 Å². The van der Waals surface area contributed by atoms with Gasteiger partial charge < -0.3 is 11.1 Å². The summed E-state index contributed by atoms with van der Waals surface area (Å²) in [5, 5.41) is 3.03. The molecule has 1 atom stereocenters. The SMILES string of the molecule is Cc1cccc(NC(C(N)=O)c2ccc(Br)c(F)c2)c1. The maximum absolute atomic E-state index is 13.6. The molecule has 0 aromatic heterocycles. The van der Waals surface area contributed by atoms with Gasteiger partial charge in [-0.15, -0.1) is 0 Å². The smallest absolute Gasteiger partial charge is 0.244 e. The van der Waals surface area contributed by atoms with Crippen molar-refractivity contribution in [3.05, 3.63) is 63.9 Å². The first-order chi connectivity index (χ1) is 9.47. The van der Waals surface area contributed by atoms with Crippen LogP contribution >= 0.6 is 15.9 Å². The third kappa shape index (κ3) is 3.36. The van der Waals surface area contributed by atoms with Crippen LogP contribution in [-0.2, 0) is 4.79 Å². The Labute approximate surface area is 125 Å². The van der Waals surface area contributed by atoms with Crippen LogP contribution in [-0.4, -0.2) is 5.91 Å². The maximum atomic E-state index is 13.6. The van der Waals surface area contributed by atoms with Crippen LogP contribution in [0.4, 0.5) is 10.1 Å². The molecule has 1 amide bonds. The van der Waals surface area contributed by atoms with Crippen molar-refractivity contribution in [1.82, 2.24) is 0 Å². The molecule has 1 unspecified atom stereocenters. The number of aryl methyl sites for hydroxylation is 1. The van der Waals surface area contributed by atoms with Gasteiger partial charge in [-0.05, 0) is 58.2 Å². The van der Waals surface area contributed by atoms with Crippen molar-refractivity contribution in [3.63, 3.8) is 0 Å². The number of primary amides is 1. The number of carbonyl (C=O) groups is 1. The molecule has 5 heteroatoms. The van der Waals surface area contributed by atoms with Crippen LogP contribution in [0.25, 0.3) is 0 Å². The summed E-state index contributed by atoms with van der Waals surface area (Å²) < 4.78 is 13.9. The number of amides is 1. The fraction of sp³-hybridized carbons (Fsp3) is 0.133. The van der Waals surface area contributed by atoms with E-state index in [1.807, 2.05) is 31.2 Å². The highest BCUT2D eigenvalue weighted by Crippen LogP contribution is 2.24. The Balaban J connectivity index is 2.32. The highest BCUT2D eigenvalue weighted by atomic mass is 79.9. The largest absolute Gasteiger partial charge is 0.370 e. The zero-order valence-electron chi connectivity index (χ0n) is 10.9. The summed E-state index contributed by atoms with van der Waals surface area (Å²) in [5.41, 5.74) is 7.71. The minimum Gasteiger partial charge on any atom is -0.370 e. The fourth-order valence-corrected chi connectivity index (χ4v) is 2.16. The summed E-state index contributed by atoms with van der Waals surface area (Å²) >= 11 is 3.08. The lowest BCUT2D eigenvalue weighted by atomic mass is 10.1. The summed E-state index contributed by atoms with van der Waals surface area (Å²) in [6.07, 6.45) is 0. The van der Waals surface area contributed by atoms with Crippen LogP contribution in [0.1, 0.15) is 17.2 Å². The first kappa shape index (κ1) is 14.5. The summed E-state index contributed by atoms with van der Waals surface area (Å²) in [6, 6.07) is 11.3. The van der Waals surface area contributed by atoms with Crippen molar-refractivity contribution >= 4 is 27.5 Å². The molecule has 20 heavy (non-hydrogen) atoms. The van der Waals surface area contributed by atoms with Crippen molar-refractivity contribution in [2.45, 2.75) is 13.0 Å². The molecule has 104 valence electrons. The standard InChI is InChI=1S/C15H14BrFN2O/c1-9-3-2-4-11(7-9)19-14(15(18)20)10-5-6-12(16)13(17)8-10/h2-8,14,19H,1H3,(H2,18,20). The number of anilines is 1. The number of carbonyl (C=O) groups excluding carboxylic acids is 1. The molecule has 0 saturated carbocycles. The molecule has 2 rings (SSSR count). The van der Waals surface area contributed by atoms with Crippen LogP contribution in [0, 0.1) is 12.7 Å². The van der Waals surface area contributed by atoms with E-state index in [1.54, 1.807) is 12.1 Å². The van der Waals surface area contributed by atoms with E-state index in [1.165, 1.54) is 6.07 Å². The Morgan fingerprint density at radius 1 is 1.30 bits per heavy atom. The van der Waals surface area contributed by atoms with Gasteiger partial charge in [-0.25, -0.2) is 4.39 Å². The molecule has 0 aliphatic carbocycles. The van der Waals surface area contributed by atoms with Gasteiger partial charge in [0.1, 0.15) is 11.9 Å². The van der Waals surface area contributed by atoms with Crippen molar-refractivity contribution in [1.29, 1.82) is 0 Å². The summed E-state index contributed by atoms with van der Waals surface area (Å²) in [7, 11) is 0. The first-order valence-electron chi connectivity index (χ1n) is 6.05. The monoisotopic (exact) mass is 336 g/mol. The van der Waals surface area contributed by atoms with E-state index >= 15 is 0 Å². The number of nitrogens with two attached hydrogens (primary N) is 1. The molecule has 2 aromatic rings.